The van der Waals surface area contributed by atoms with Gasteiger partial charge in [0.25, 0.3) is 0 Å². The van der Waals surface area contributed by atoms with E-state index in [1.165, 1.54) is 6.26 Å². The van der Waals surface area contributed by atoms with Gasteiger partial charge >= 0.3 is 0 Å². The number of nitrogens with one attached hydrogen (secondary N) is 1. The highest BCUT2D eigenvalue weighted by Gasteiger charge is 2.17. The van der Waals surface area contributed by atoms with Crippen LogP contribution in [0, 0.1) is 0 Å². The lowest BCUT2D eigenvalue weighted by Crippen LogP contribution is -2.28. The molecule has 0 aliphatic carbocycles. The lowest BCUT2D eigenvalue weighted by Gasteiger charge is -2.18. The molecule has 4 nitrogen and oxygen atoms in total. The van der Waals surface area contributed by atoms with Gasteiger partial charge in [0.2, 0.25) is 0 Å². The molecule has 1 N–H and O–H groups in total. The predicted molar refractivity (Wildman–Crippen MR) is 78.4 cm³/mol. The first-order chi connectivity index (χ1) is 8.96. The number of sulfone groups is 1. The molecular weight excluding hydrogens is 262 g/mol. The molecule has 1 aromatic rings. The number of hydrogen-bond donors (Lipinski definition) is 1. The fourth-order valence-corrected chi connectivity index (χ4v) is 2.80. The lowest BCUT2D eigenvalue weighted by molar-refractivity contribution is 0.339. The van der Waals surface area contributed by atoms with Gasteiger partial charge in [-0.25, -0.2) is 8.42 Å². The molecule has 19 heavy (non-hydrogen) atoms. The summed E-state index contributed by atoms with van der Waals surface area (Å²) in [5, 5.41) is 3.28. The molecular formula is C14H23NO3S. The zero-order valence-electron chi connectivity index (χ0n) is 11.8. The van der Waals surface area contributed by atoms with E-state index in [1.54, 1.807) is 0 Å². The van der Waals surface area contributed by atoms with E-state index in [1.807, 2.05) is 31.2 Å². The van der Waals surface area contributed by atoms with Gasteiger partial charge < -0.3 is 10.1 Å². The minimum absolute atomic E-state index is 0.0998. The van der Waals surface area contributed by atoms with E-state index in [-0.39, 0.29) is 11.8 Å². The topological polar surface area (TPSA) is 55.4 Å². The third-order valence-electron chi connectivity index (χ3n) is 2.68. The monoisotopic (exact) mass is 285 g/mol. The molecule has 1 atom stereocenters. The molecule has 0 spiro atoms. The summed E-state index contributed by atoms with van der Waals surface area (Å²) in [6.45, 7) is 5.37. The van der Waals surface area contributed by atoms with Crippen LogP contribution in [0.5, 0.6) is 5.75 Å². The van der Waals surface area contributed by atoms with Gasteiger partial charge in [0.1, 0.15) is 15.6 Å². The second kappa shape index (κ2) is 7.50. The van der Waals surface area contributed by atoms with E-state index in [4.69, 9.17) is 4.74 Å². The zero-order valence-corrected chi connectivity index (χ0v) is 12.7. The molecule has 1 unspecified atom stereocenters. The van der Waals surface area contributed by atoms with E-state index in [0.717, 1.165) is 24.3 Å². The Labute approximate surface area is 116 Å². The average Bonchev–Trinajstić information content (AvgIpc) is 2.34. The molecule has 0 bridgehead atoms. The number of benzene rings is 1. The van der Waals surface area contributed by atoms with E-state index in [0.29, 0.717) is 6.61 Å². The van der Waals surface area contributed by atoms with Crippen molar-refractivity contribution >= 4 is 9.84 Å². The summed E-state index contributed by atoms with van der Waals surface area (Å²) in [5.41, 5.74) is 0.949. The Morgan fingerprint density at radius 2 is 2.05 bits per heavy atom. The van der Waals surface area contributed by atoms with Gasteiger partial charge in [-0.05, 0) is 37.6 Å². The summed E-state index contributed by atoms with van der Waals surface area (Å²) in [6, 6.07) is 7.42. The van der Waals surface area contributed by atoms with Gasteiger partial charge in [-0.15, -0.1) is 0 Å². The van der Waals surface area contributed by atoms with Crippen molar-refractivity contribution in [1.29, 1.82) is 0 Å². The average molecular weight is 285 g/mol. The molecule has 0 saturated heterocycles. The number of ether oxygens (including phenoxy) is 1. The first-order valence-corrected chi connectivity index (χ1v) is 8.66. The fourth-order valence-electron chi connectivity index (χ4n) is 1.88. The van der Waals surface area contributed by atoms with Crippen LogP contribution in [0.25, 0.3) is 0 Å². The molecule has 0 radical (unpaired) electrons. The molecule has 5 heteroatoms. The van der Waals surface area contributed by atoms with Gasteiger partial charge in [-0.1, -0.05) is 19.1 Å². The van der Waals surface area contributed by atoms with Gasteiger partial charge in [-0.3, -0.25) is 0 Å². The predicted octanol–water partition coefficient (Wildman–Crippen LogP) is 2.17. The van der Waals surface area contributed by atoms with Crippen molar-refractivity contribution in [2.75, 3.05) is 25.2 Å². The van der Waals surface area contributed by atoms with Crippen LogP contribution in [0.1, 0.15) is 31.9 Å². The van der Waals surface area contributed by atoms with E-state index < -0.39 is 9.84 Å². The molecule has 0 amide bonds. The van der Waals surface area contributed by atoms with Crippen LogP contribution in [0.4, 0.5) is 0 Å². The third-order valence-corrected chi connectivity index (χ3v) is 3.62. The Hall–Kier alpha value is -1.07. The van der Waals surface area contributed by atoms with E-state index >= 15 is 0 Å². The lowest BCUT2D eigenvalue weighted by atomic mass is 10.1. The summed E-state index contributed by atoms with van der Waals surface area (Å²) in [4.78, 5) is 0. The molecule has 0 fully saturated rings. The van der Waals surface area contributed by atoms with Crippen molar-refractivity contribution in [3.63, 3.8) is 0 Å². The van der Waals surface area contributed by atoms with Crippen LogP contribution in [0.3, 0.4) is 0 Å². The van der Waals surface area contributed by atoms with Gasteiger partial charge in [0.15, 0.2) is 0 Å². The molecule has 0 aromatic heterocycles. The van der Waals surface area contributed by atoms with Crippen LogP contribution < -0.4 is 10.1 Å². The smallest absolute Gasteiger partial charge is 0.149 e. The summed E-state index contributed by atoms with van der Waals surface area (Å²) in [6.07, 6.45) is 2.23. The van der Waals surface area contributed by atoms with Crippen LogP contribution in [-0.4, -0.2) is 33.6 Å². The molecule has 0 heterocycles. The minimum Gasteiger partial charge on any atom is -0.494 e. The Balaban J connectivity index is 2.92. The summed E-state index contributed by atoms with van der Waals surface area (Å²) < 4.78 is 28.5. The maximum Gasteiger partial charge on any atom is 0.149 e. The maximum atomic E-state index is 11.5. The van der Waals surface area contributed by atoms with Crippen LogP contribution in [-0.2, 0) is 9.84 Å². The highest BCUT2D eigenvalue weighted by molar-refractivity contribution is 7.90. The van der Waals surface area contributed by atoms with Crippen molar-refractivity contribution in [3.8, 4) is 5.75 Å². The minimum atomic E-state index is -3.03. The second-order valence-electron chi connectivity index (χ2n) is 4.60. The van der Waals surface area contributed by atoms with Gasteiger partial charge in [0, 0.05) is 12.3 Å². The van der Waals surface area contributed by atoms with Crippen molar-refractivity contribution in [2.24, 2.45) is 0 Å². The van der Waals surface area contributed by atoms with Crippen molar-refractivity contribution in [3.05, 3.63) is 29.8 Å². The Morgan fingerprint density at radius 3 is 2.63 bits per heavy atom. The summed E-state index contributed by atoms with van der Waals surface area (Å²) in [7, 11) is -3.03. The Kier molecular flexibility index (Phi) is 6.31. The fraction of sp³-hybridized carbons (Fsp3) is 0.571. The van der Waals surface area contributed by atoms with Crippen LogP contribution >= 0.6 is 0 Å². The first kappa shape index (κ1) is 16.0. The highest BCUT2D eigenvalue weighted by Crippen LogP contribution is 2.20. The second-order valence-corrected chi connectivity index (χ2v) is 6.79. The maximum absolute atomic E-state index is 11.5. The largest absolute Gasteiger partial charge is 0.494 e. The number of hydrogen-bond acceptors (Lipinski definition) is 4. The van der Waals surface area contributed by atoms with Gasteiger partial charge in [-0.2, -0.15) is 0 Å². The van der Waals surface area contributed by atoms with Crippen molar-refractivity contribution in [1.82, 2.24) is 5.32 Å². The van der Waals surface area contributed by atoms with Crippen LogP contribution in [0.2, 0.25) is 0 Å². The van der Waals surface area contributed by atoms with Crippen molar-refractivity contribution in [2.45, 2.75) is 26.3 Å². The molecule has 1 aromatic carbocycles. The van der Waals surface area contributed by atoms with Gasteiger partial charge in [0.05, 0.1) is 12.4 Å². The molecule has 1 rings (SSSR count). The normalized spacial score (nSPS) is 13.2. The Morgan fingerprint density at radius 1 is 1.32 bits per heavy atom. The summed E-state index contributed by atoms with van der Waals surface area (Å²) >= 11 is 0. The van der Waals surface area contributed by atoms with E-state index in [2.05, 4.69) is 12.2 Å². The quantitative estimate of drug-likeness (QED) is 0.795. The SMILES string of the molecule is CCCNC(CS(C)(=O)=O)c1cccc(OCC)c1. The standard InChI is InChI=1S/C14H23NO3S/c1-4-9-15-14(11-19(3,16)17)12-7-6-8-13(10-12)18-5-2/h6-8,10,14-15H,4-5,9,11H2,1-3H3. The zero-order chi connectivity index (χ0) is 14.3. The molecule has 108 valence electrons. The highest BCUT2D eigenvalue weighted by atomic mass is 32.2. The first-order valence-electron chi connectivity index (χ1n) is 6.60. The molecule has 0 saturated carbocycles. The van der Waals surface area contributed by atoms with Crippen LogP contribution in [0.15, 0.2) is 24.3 Å². The molecule has 0 aliphatic rings. The Bertz CT molecular complexity index is 485. The summed E-state index contributed by atoms with van der Waals surface area (Å²) in [5.74, 6) is 0.875. The van der Waals surface area contributed by atoms with E-state index in [9.17, 15) is 8.42 Å². The molecule has 0 aliphatic heterocycles. The number of rotatable bonds is 8. The van der Waals surface area contributed by atoms with Crippen molar-refractivity contribution < 1.29 is 13.2 Å². The third kappa shape index (κ3) is 6.07.